The Morgan fingerprint density at radius 1 is 1.00 bits per heavy atom. The Morgan fingerprint density at radius 3 is 2.35 bits per heavy atom. The van der Waals surface area contributed by atoms with Crippen molar-refractivity contribution in [2.24, 2.45) is 0 Å². The molecule has 2 aromatic carbocycles. The molecule has 0 atom stereocenters. The van der Waals surface area contributed by atoms with Gasteiger partial charge in [0.05, 0.1) is 11.9 Å². The molecular weight excluding hydrogens is 289 g/mol. The van der Waals surface area contributed by atoms with Crippen molar-refractivity contribution < 1.29 is 9.50 Å². The molecule has 1 N–H and O–H groups in total. The van der Waals surface area contributed by atoms with Crippen LogP contribution in [0.3, 0.4) is 0 Å². The number of rotatable bonds is 4. The third-order valence-corrected chi connectivity index (χ3v) is 3.66. The fourth-order valence-electron chi connectivity index (χ4n) is 2.45. The van der Waals surface area contributed by atoms with Crippen LogP contribution in [0, 0.1) is 5.82 Å². The van der Waals surface area contributed by atoms with Crippen LogP contribution in [0.5, 0.6) is 5.75 Å². The molecule has 3 heteroatoms. The minimum absolute atomic E-state index is 0.0884. The highest BCUT2D eigenvalue weighted by Crippen LogP contribution is 2.28. The van der Waals surface area contributed by atoms with Crippen molar-refractivity contribution in [1.82, 2.24) is 4.98 Å². The van der Waals surface area contributed by atoms with E-state index in [1.165, 1.54) is 18.3 Å². The van der Waals surface area contributed by atoms with Crippen LogP contribution in [0.25, 0.3) is 22.4 Å². The Labute approximate surface area is 134 Å². The third kappa shape index (κ3) is 3.29. The minimum Gasteiger partial charge on any atom is -0.506 e. The second kappa shape index (κ2) is 6.44. The van der Waals surface area contributed by atoms with Crippen LogP contribution in [0.1, 0.15) is 5.56 Å². The van der Waals surface area contributed by atoms with Crippen molar-refractivity contribution in [2.45, 2.75) is 6.42 Å². The molecule has 1 heterocycles. The van der Waals surface area contributed by atoms with E-state index in [1.54, 1.807) is 12.1 Å². The molecule has 3 aromatic rings. The lowest BCUT2D eigenvalue weighted by Gasteiger charge is -2.07. The molecule has 0 amide bonds. The van der Waals surface area contributed by atoms with Crippen molar-refractivity contribution in [3.05, 3.63) is 84.8 Å². The molecule has 0 aliphatic heterocycles. The number of aromatic hydroxyl groups is 1. The summed E-state index contributed by atoms with van der Waals surface area (Å²) in [6.07, 6.45) is 3.99. The van der Waals surface area contributed by atoms with E-state index in [1.807, 2.05) is 36.4 Å². The van der Waals surface area contributed by atoms with Crippen LogP contribution in [0.15, 0.2) is 73.4 Å². The second-order valence-electron chi connectivity index (χ2n) is 5.29. The molecule has 0 aliphatic rings. The summed E-state index contributed by atoms with van der Waals surface area (Å²) in [5, 5.41) is 9.27. The second-order valence-corrected chi connectivity index (χ2v) is 5.29. The van der Waals surface area contributed by atoms with Gasteiger partial charge in [-0.25, -0.2) is 4.39 Å². The van der Waals surface area contributed by atoms with Gasteiger partial charge in [0, 0.05) is 11.1 Å². The van der Waals surface area contributed by atoms with E-state index in [-0.39, 0.29) is 11.6 Å². The molecular formula is C20H16FNO. The molecule has 0 spiro atoms. The minimum atomic E-state index is -0.297. The van der Waals surface area contributed by atoms with E-state index in [0.717, 1.165) is 17.5 Å². The van der Waals surface area contributed by atoms with Crippen LogP contribution >= 0.6 is 0 Å². The first-order valence-corrected chi connectivity index (χ1v) is 7.32. The van der Waals surface area contributed by atoms with E-state index in [4.69, 9.17) is 0 Å². The molecule has 0 unspecified atom stereocenters. The fourth-order valence-corrected chi connectivity index (χ4v) is 2.45. The van der Waals surface area contributed by atoms with E-state index in [2.05, 4.69) is 11.6 Å². The van der Waals surface area contributed by atoms with Gasteiger partial charge in [-0.2, -0.15) is 0 Å². The molecule has 0 saturated carbocycles. The first-order valence-electron chi connectivity index (χ1n) is 7.32. The third-order valence-electron chi connectivity index (χ3n) is 3.66. The van der Waals surface area contributed by atoms with E-state index < -0.39 is 0 Å². The van der Waals surface area contributed by atoms with Crippen LogP contribution in [-0.4, -0.2) is 10.1 Å². The first-order chi connectivity index (χ1) is 11.2. The highest BCUT2D eigenvalue weighted by Gasteiger charge is 2.08. The molecule has 0 aliphatic carbocycles. The van der Waals surface area contributed by atoms with E-state index in [0.29, 0.717) is 16.8 Å². The van der Waals surface area contributed by atoms with Crippen LogP contribution in [0.2, 0.25) is 0 Å². The average Bonchev–Trinajstić information content (AvgIpc) is 2.57. The smallest absolute Gasteiger partial charge is 0.133 e. The number of hydrogen-bond acceptors (Lipinski definition) is 2. The maximum atomic E-state index is 14.5. The number of aromatic nitrogens is 1. The highest BCUT2D eigenvalue weighted by molar-refractivity contribution is 5.69. The van der Waals surface area contributed by atoms with Crippen molar-refractivity contribution in [2.75, 3.05) is 0 Å². The molecule has 23 heavy (non-hydrogen) atoms. The molecule has 1 aromatic heterocycles. The van der Waals surface area contributed by atoms with E-state index >= 15 is 0 Å². The molecule has 2 nitrogen and oxygen atoms in total. The molecule has 114 valence electrons. The average molecular weight is 305 g/mol. The predicted molar refractivity (Wildman–Crippen MR) is 90.6 cm³/mol. The summed E-state index contributed by atoms with van der Waals surface area (Å²) in [6, 6.07) is 16.0. The maximum absolute atomic E-state index is 14.5. The molecule has 0 saturated heterocycles. The lowest BCUT2D eigenvalue weighted by molar-refractivity contribution is 0.473. The topological polar surface area (TPSA) is 33.1 Å². The van der Waals surface area contributed by atoms with Gasteiger partial charge in [0.2, 0.25) is 0 Å². The van der Waals surface area contributed by atoms with Crippen LogP contribution in [0.4, 0.5) is 4.39 Å². The maximum Gasteiger partial charge on any atom is 0.133 e. The number of hydrogen-bond donors (Lipinski definition) is 1. The Bertz CT molecular complexity index is 823. The Kier molecular flexibility index (Phi) is 4.20. The summed E-state index contributed by atoms with van der Waals surface area (Å²) in [7, 11) is 0. The summed E-state index contributed by atoms with van der Waals surface area (Å²) < 4.78 is 14.5. The first kappa shape index (κ1) is 15.0. The van der Waals surface area contributed by atoms with Crippen molar-refractivity contribution in [3.63, 3.8) is 0 Å². The molecule has 0 radical (unpaired) electrons. The van der Waals surface area contributed by atoms with Gasteiger partial charge in [0.25, 0.3) is 0 Å². The lowest BCUT2D eigenvalue weighted by atomic mass is 10.00. The summed E-state index contributed by atoms with van der Waals surface area (Å²) in [5.74, 6) is -0.209. The lowest BCUT2D eigenvalue weighted by Crippen LogP contribution is -1.89. The number of nitrogens with zero attached hydrogens (tertiary/aromatic N) is 1. The number of halogens is 1. The molecule has 0 bridgehead atoms. The summed E-state index contributed by atoms with van der Waals surface area (Å²) in [5.41, 5.74) is 3.83. The van der Waals surface area contributed by atoms with Gasteiger partial charge >= 0.3 is 0 Å². The van der Waals surface area contributed by atoms with Gasteiger partial charge in [0.15, 0.2) is 0 Å². The Hall–Kier alpha value is -2.94. The zero-order valence-corrected chi connectivity index (χ0v) is 12.5. The largest absolute Gasteiger partial charge is 0.506 e. The normalized spacial score (nSPS) is 10.5. The van der Waals surface area contributed by atoms with Gasteiger partial charge in [-0.05, 0) is 35.7 Å². The quantitative estimate of drug-likeness (QED) is 0.689. The van der Waals surface area contributed by atoms with Crippen molar-refractivity contribution in [3.8, 4) is 28.1 Å². The van der Waals surface area contributed by atoms with Gasteiger partial charge in [-0.3, -0.25) is 4.98 Å². The number of pyridine rings is 1. The summed E-state index contributed by atoms with van der Waals surface area (Å²) in [6.45, 7) is 3.71. The molecule has 0 fully saturated rings. The number of allylic oxidation sites excluding steroid dienone is 1. The zero-order chi connectivity index (χ0) is 16.2. The number of benzene rings is 2. The Morgan fingerprint density at radius 2 is 1.74 bits per heavy atom. The van der Waals surface area contributed by atoms with Crippen LogP contribution in [-0.2, 0) is 6.42 Å². The van der Waals surface area contributed by atoms with Crippen molar-refractivity contribution >= 4 is 0 Å². The summed E-state index contributed by atoms with van der Waals surface area (Å²) >= 11 is 0. The van der Waals surface area contributed by atoms with Crippen molar-refractivity contribution in [1.29, 1.82) is 0 Å². The molecule has 3 rings (SSSR count). The van der Waals surface area contributed by atoms with Crippen LogP contribution < -0.4 is 0 Å². The standard InChI is InChI=1S/C20H16FNO/c1-2-3-14-4-6-15(7-5-14)18-10-8-16(12-19(18)21)20-11-9-17(23)13-22-20/h2,4-13,23H,1,3H2. The predicted octanol–water partition coefficient (Wildman–Crippen LogP) is 4.99. The fraction of sp³-hybridized carbons (Fsp3) is 0.0500. The van der Waals surface area contributed by atoms with Gasteiger partial charge in [0.1, 0.15) is 11.6 Å². The monoisotopic (exact) mass is 305 g/mol. The highest BCUT2D eigenvalue weighted by atomic mass is 19.1. The van der Waals surface area contributed by atoms with Gasteiger partial charge in [-0.15, -0.1) is 6.58 Å². The zero-order valence-electron chi connectivity index (χ0n) is 12.5. The van der Waals surface area contributed by atoms with Gasteiger partial charge < -0.3 is 5.11 Å². The van der Waals surface area contributed by atoms with E-state index in [9.17, 15) is 9.50 Å². The van der Waals surface area contributed by atoms with Gasteiger partial charge in [-0.1, -0.05) is 42.5 Å². The summed E-state index contributed by atoms with van der Waals surface area (Å²) in [4.78, 5) is 4.10. The SMILES string of the molecule is C=CCc1ccc(-c2ccc(-c3ccc(O)cn3)cc2F)cc1. The Balaban J connectivity index is 1.92.